The Morgan fingerprint density at radius 2 is 2.35 bits per heavy atom. The predicted octanol–water partition coefficient (Wildman–Crippen LogP) is 1.06. The van der Waals surface area contributed by atoms with Crippen LogP contribution in [0.4, 0.5) is 11.8 Å². The van der Waals surface area contributed by atoms with Crippen molar-refractivity contribution in [2.75, 3.05) is 11.1 Å². The first-order chi connectivity index (χ1) is 8.15. The molecule has 2 aromatic rings. The fourth-order valence-corrected chi connectivity index (χ4v) is 1.59. The van der Waals surface area contributed by atoms with E-state index in [1.54, 1.807) is 18.7 Å². The maximum absolute atomic E-state index is 5.56. The Morgan fingerprint density at radius 1 is 1.53 bits per heavy atom. The second-order valence-corrected chi connectivity index (χ2v) is 4.06. The molecule has 0 radical (unpaired) electrons. The molecule has 0 saturated carbocycles. The minimum Gasteiger partial charge on any atom is -0.368 e. The second kappa shape index (κ2) is 4.82. The summed E-state index contributed by atoms with van der Waals surface area (Å²) in [6, 6.07) is 0.234. The smallest absolute Gasteiger partial charge is 0.221 e. The summed E-state index contributed by atoms with van der Waals surface area (Å²) in [5.74, 6) is 1.07. The number of nitrogens with zero attached hydrogens (tertiary/aromatic N) is 4. The van der Waals surface area contributed by atoms with Crippen LogP contribution in [0.5, 0.6) is 0 Å². The van der Waals surface area contributed by atoms with Crippen LogP contribution in [0, 0.1) is 6.92 Å². The van der Waals surface area contributed by atoms with Crippen LogP contribution in [0.3, 0.4) is 0 Å². The number of aromatic nitrogens is 4. The first-order valence-electron chi connectivity index (χ1n) is 5.46. The van der Waals surface area contributed by atoms with Crippen molar-refractivity contribution >= 4 is 11.8 Å². The van der Waals surface area contributed by atoms with Gasteiger partial charge in [0.15, 0.2) is 0 Å². The van der Waals surface area contributed by atoms with Crippen molar-refractivity contribution in [3.63, 3.8) is 0 Å². The monoisotopic (exact) mass is 232 g/mol. The zero-order valence-corrected chi connectivity index (χ0v) is 9.96. The van der Waals surface area contributed by atoms with Crippen LogP contribution >= 0.6 is 0 Å². The Morgan fingerprint density at radius 3 is 3.06 bits per heavy atom. The van der Waals surface area contributed by atoms with Crippen molar-refractivity contribution < 1.29 is 0 Å². The quantitative estimate of drug-likeness (QED) is 0.823. The van der Waals surface area contributed by atoms with Crippen molar-refractivity contribution in [3.8, 4) is 0 Å². The zero-order valence-electron chi connectivity index (χ0n) is 9.96. The molecule has 0 aliphatic carbocycles. The molecule has 2 heterocycles. The summed E-state index contributed by atoms with van der Waals surface area (Å²) in [4.78, 5) is 12.1. The van der Waals surface area contributed by atoms with E-state index in [9.17, 15) is 0 Å². The van der Waals surface area contributed by atoms with Gasteiger partial charge in [-0.05, 0) is 13.8 Å². The normalized spacial score (nSPS) is 12.4. The third-order valence-corrected chi connectivity index (χ3v) is 2.42. The molecule has 17 heavy (non-hydrogen) atoms. The molecule has 2 aromatic heterocycles. The summed E-state index contributed by atoms with van der Waals surface area (Å²) in [7, 11) is 0. The Labute approximate surface area is 99.9 Å². The summed E-state index contributed by atoms with van der Waals surface area (Å²) < 4.78 is 2.01. The van der Waals surface area contributed by atoms with E-state index in [2.05, 4.69) is 27.2 Å². The highest BCUT2D eigenvalue weighted by Crippen LogP contribution is 2.12. The topological polar surface area (TPSA) is 81.6 Å². The SMILES string of the molecule is Cc1cnc(N)nc1NC(C)Cn1ccnc1. The minimum absolute atomic E-state index is 0.234. The number of aryl methyl sites for hydroxylation is 1. The molecular formula is C11H16N6. The van der Waals surface area contributed by atoms with E-state index in [1.165, 1.54) is 0 Å². The number of hydrogen-bond donors (Lipinski definition) is 2. The molecule has 0 saturated heterocycles. The molecule has 90 valence electrons. The molecule has 0 amide bonds. The summed E-state index contributed by atoms with van der Waals surface area (Å²) in [6.07, 6.45) is 7.20. The van der Waals surface area contributed by atoms with E-state index in [-0.39, 0.29) is 12.0 Å². The molecule has 0 aromatic carbocycles. The Hall–Kier alpha value is -2.11. The van der Waals surface area contributed by atoms with Gasteiger partial charge >= 0.3 is 0 Å². The van der Waals surface area contributed by atoms with Gasteiger partial charge < -0.3 is 15.6 Å². The van der Waals surface area contributed by atoms with Gasteiger partial charge in [-0.2, -0.15) is 4.98 Å². The lowest BCUT2D eigenvalue weighted by Gasteiger charge is -2.16. The van der Waals surface area contributed by atoms with Crippen molar-refractivity contribution in [3.05, 3.63) is 30.5 Å². The maximum Gasteiger partial charge on any atom is 0.221 e. The third-order valence-electron chi connectivity index (χ3n) is 2.42. The van der Waals surface area contributed by atoms with Crippen LogP contribution in [0.15, 0.2) is 24.9 Å². The maximum atomic E-state index is 5.56. The molecule has 6 nitrogen and oxygen atoms in total. The molecule has 0 bridgehead atoms. The molecule has 0 fully saturated rings. The number of hydrogen-bond acceptors (Lipinski definition) is 5. The van der Waals surface area contributed by atoms with Crippen molar-refractivity contribution in [1.29, 1.82) is 0 Å². The lowest BCUT2D eigenvalue weighted by molar-refractivity contribution is 0.616. The number of nitrogen functional groups attached to an aromatic ring is 1. The molecule has 1 unspecified atom stereocenters. The molecule has 0 aliphatic rings. The molecule has 6 heteroatoms. The Balaban J connectivity index is 2.02. The number of imidazole rings is 1. The highest BCUT2D eigenvalue weighted by Gasteiger charge is 2.07. The van der Waals surface area contributed by atoms with Gasteiger partial charge in [0.2, 0.25) is 5.95 Å². The van der Waals surface area contributed by atoms with Crippen LogP contribution in [0.25, 0.3) is 0 Å². The highest BCUT2D eigenvalue weighted by molar-refractivity contribution is 5.45. The molecule has 1 atom stereocenters. The van der Waals surface area contributed by atoms with Gasteiger partial charge in [0.1, 0.15) is 5.82 Å². The van der Waals surface area contributed by atoms with E-state index in [0.29, 0.717) is 0 Å². The van der Waals surface area contributed by atoms with E-state index in [0.717, 1.165) is 17.9 Å². The second-order valence-electron chi connectivity index (χ2n) is 4.06. The van der Waals surface area contributed by atoms with Crippen LogP contribution in [0.1, 0.15) is 12.5 Å². The van der Waals surface area contributed by atoms with Gasteiger partial charge in [0.05, 0.1) is 6.33 Å². The summed E-state index contributed by atoms with van der Waals surface area (Å²) in [5, 5.41) is 3.31. The fourth-order valence-electron chi connectivity index (χ4n) is 1.59. The molecular weight excluding hydrogens is 216 g/mol. The van der Waals surface area contributed by atoms with E-state index in [4.69, 9.17) is 5.73 Å². The van der Waals surface area contributed by atoms with Crippen LogP contribution in [0.2, 0.25) is 0 Å². The van der Waals surface area contributed by atoms with Crippen LogP contribution in [-0.4, -0.2) is 25.6 Å². The first kappa shape index (κ1) is 11.4. The van der Waals surface area contributed by atoms with Gasteiger partial charge in [-0.1, -0.05) is 0 Å². The van der Waals surface area contributed by atoms with E-state index >= 15 is 0 Å². The van der Waals surface area contributed by atoms with Gasteiger partial charge in [-0.25, -0.2) is 9.97 Å². The number of anilines is 2. The average molecular weight is 232 g/mol. The van der Waals surface area contributed by atoms with Gasteiger partial charge in [-0.3, -0.25) is 0 Å². The molecule has 2 rings (SSSR count). The van der Waals surface area contributed by atoms with Gasteiger partial charge in [0, 0.05) is 36.7 Å². The summed E-state index contributed by atoms with van der Waals surface area (Å²) in [6.45, 7) is 4.85. The van der Waals surface area contributed by atoms with Gasteiger partial charge in [-0.15, -0.1) is 0 Å². The first-order valence-corrected chi connectivity index (χ1v) is 5.46. The standard InChI is InChI=1S/C11H16N6/c1-8-5-14-11(12)16-10(8)15-9(2)6-17-4-3-13-7-17/h3-5,7,9H,6H2,1-2H3,(H3,12,14,15,16). The number of nitrogens with two attached hydrogens (primary N) is 1. The number of rotatable bonds is 4. The Kier molecular flexibility index (Phi) is 3.22. The average Bonchev–Trinajstić information content (AvgIpc) is 2.76. The van der Waals surface area contributed by atoms with E-state index in [1.807, 2.05) is 17.7 Å². The minimum atomic E-state index is 0.234. The van der Waals surface area contributed by atoms with Crippen molar-refractivity contribution in [2.24, 2.45) is 0 Å². The molecule has 0 aliphatic heterocycles. The highest BCUT2D eigenvalue weighted by atomic mass is 15.1. The summed E-state index contributed by atoms with van der Waals surface area (Å²) >= 11 is 0. The van der Waals surface area contributed by atoms with E-state index < -0.39 is 0 Å². The zero-order chi connectivity index (χ0) is 12.3. The van der Waals surface area contributed by atoms with Crippen LogP contribution in [-0.2, 0) is 6.54 Å². The molecule has 3 N–H and O–H groups in total. The lowest BCUT2D eigenvalue weighted by Crippen LogP contribution is -2.22. The largest absolute Gasteiger partial charge is 0.368 e. The summed E-state index contributed by atoms with van der Waals surface area (Å²) in [5.41, 5.74) is 6.54. The van der Waals surface area contributed by atoms with Gasteiger partial charge in [0.25, 0.3) is 0 Å². The van der Waals surface area contributed by atoms with Crippen molar-refractivity contribution in [2.45, 2.75) is 26.4 Å². The van der Waals surface area contributed by atoms with Crippen LogP contribution < -0.4 is 11.1 Å². The number of nitrogens with one attached hydrogen (secondary N) is 1. The fraction of sp³-hybridized carbons (Fsp3) is 0.364. The predicted molar refractivity (Wildman–Crippen MR) is 66.5 cm³/mol. The lowest BCUT2D eigenvalue weighted by atomic mass is 10.3. The third kappa shape index (κ3) is 2.93. The van der Waals surface area contributed by atoms with Crippen molar-refractivity contribution in [1.82, 2.24) is 19.5 Å². The Bertz CT molecular complexity index is 479. The molecule has 0 spiro atoms.